The molecule has 0 saturated heterocycles. The Morgan fingerprint density at radius 3 is 2.52 bits per heavy atom. The van der Waals surface area contributed by atoms with Gasteiger partial charge in [-0.3, -0.25) is 4.79 Å². The molecule has 1 aromatic heterocycles. The number of aromatic nitrogens is 3. The van der Waals surface area contributed by atoms with Gasteiger partial charge in [-0.2, -0.15) is 13.2 Å². The number of nitrogens with zero attached hydrogens (tertiary/aromatic N) is 3. The fourth-order valence-corrected chi connectivity index (χ4v) is 4.26. The van der Waals surface area contributed by atoms with Gasteiger partial charge in [0, 0.05) is 11.9 Å². The van der Waals surface area contributed by atoms with Crippen LogP contribution in [0, 0.1) is 6.92 Å². The first-order valence-electron chi connectivity index (χ1n) is 9.00. The van der Waals surface area contributed by atoms with Crippen LogP contribution in [-0.2, 0) is 23.8 Å². The Kier molecular flexibility index (Phi) is 7.55. The van der Waals surface area contributed by atoms with Crippen molar-refractivity contribution < 1.29 is 18.0 Å². The van der Waals surface area contributed by atoms with Gasteiger partial charge in [-0.1, -0.05) is 41.1 Å². The lowest BCUT2D eigenvalue weighted by molar-refractivity contribution is -0.137. The summed E-state index contributed by atoms with van der Waals surface area (Å²) in [7, 11) is 1.80. The fraction of sp³-hybridized carbons (Fsp3) is 0.250. The molecule has 2 aromatic carbocycles. The minimum Gasteiger partial charge on any atom is -0.324 e. The standard InChI is InChI=1S/C20H18ClF3N4OS2/c1-12-3-6-14(7-4-12)30-10-17-26-27-19(28(17)2)31-11-18(29)25-16-9-13(20(22,23)24)5-8-15(16)21/h3-9H,10-11H2,1-2H3,(H,25,29). The number of nitrogens with one attached hydrogen (secondary N) is 1. The molecule has 0 aliphatic heterocycles. The molecule has 0 spiro atoms. The molecule has 1 heterocycles. The average molecular weight is 487 g/mol. The molecular formula is C20H18ClF3N4OS2. The van der Waals surface area contributed by atoms with Crippen LogP contribution in [0.3, 0.4) is 0 Å². The highest BCUT2D eigenvalue weighted by Crippen LogP contribution is 2.34. The molecule has 0 fully saturated rings. The van der Waals surface area contributed by atoms with Crippen molar-refractivity contribution in [1.82, 2.24) is 14.8 Å². The molecule has 11 heteroatoms. The number of benzene rings is 2. The molecule has 0 bridgehead atoms. The van der Waals surface area contributed by atoms with Gasteiger partial charge in [-0.05, 0) is 37.3 Å². The largest absolute Gasteiger partial charge is 0.416 e. The summed E-state index contributed by atoms with van der Waals surface area (Å²) < 4.78 is 40.4. The van der Waals surface area contributed by atoms with Gasteiger partial charge in [0.2, 0.25) is 5.91 Å². The summed E-state index contributed by atoms with van der Waals surface area (Å²) in [4.78, 5) is 13.3. The van der Waals surface area contributed by atoms with E-state index in [1.54, 1.807) is 23.4 Å². The second-order valence-electron chi connectivity index (χ2n) is 6.59. The highest BCUT2D eigenvalue weighted by Gasteiger charge is 2.31. The summed E-state index contributed by atoms with van der Waals surface area (Å²) in [5.74, 6) is 0.808. The Morgan fingerprint density at radius 1 is 1.13 bits per heavy atom. The number of hydrogen-bond acceptors (Lipinski definition) is 5. The zero-order valence-electron chi connectivity index (χ0n) is 16.5. The number of hydrogen-bond donors (Lipinski definition) is 1. The van der Waals surface area contributed by atoms with Crippen LogP contribution in [0.5, 0.6) is 0 Å². The Bertz CT molecular complexity index is 1070. The highest BCUT2D eigenvalue weighted by atomic mass is 35.5. The number of carbonyl (C=O) groups excluding carboxylic acids is 1. The van der Waals surface area contributed by atoms with Gasteiger partial charge in [0.15, 0.2) is 5.16 Å². The van der Waals surface area contributed by atoms with E-state index in [4.69, 9.17) is 11.6 Å². The Morgan fingerprint density at radius 2 is 1.84 bits per heavy atom. The van der Waals surface area contributed by atoms with Crippen molar-refractivity contribution >= 4 is 46.7 Å². The zero-order valence-corrected chi connectivity index (χ0v) is 18.9. The molecule has 5 nitrogen and oxygen atoms in total. The lowest BCUT2D eigenvalue weighted by atomic mass is 10.2. The van der Waals surface area contributed by atoms with Gasteiger partial charge in [0.25, 0.3) is 0 Å². The van der Waals surface area contributed by atoms with E-state index >= 15 is 0 Å². The third kappa shape index (κ3) is 6.41. The Labute approximate surface area is 190 Å². The number of anilines is 1. The third-order valence-electron chi connectivity index (χ3n) is 4.21. The maximum atomic E-state index is 12.9. The van der Waals surface area contributed by atoms with Gasteiger partial charge in [-0.25, -0.2) is 0 Å². The predicted octanol–water partition coefficient (Wildman–Crippen LogP) is 5.82. The molecule has 0 radical (unpaired) electrons. The second-order valence-corrected chi connectivity index (χ2v) is 8.99. The van der Waals surface area contributed by atoms with E-state index in [1.165, 1.54) is 5.56 Å². The molecule has 1 N–H and O–H groups in total. The molecule has 3 aromatic rings. The fourth-order valence-electron chi connectivity index (χ4n) is 2.49. The summed E-state index contributed by atoms with van der Waals surface area (Å²) >= 11 is 8.67. The molecule has 0 unspecified atom stereocenters. The highest BCUT2D eigenvalue weighted by molar-refractivity contribution is 7.99. The number of rotatable bonds is 7. The van der Waals surface area contributed by atoms with Crippen molar-refractivity contribution in [2.24, 2.45) is 7.05 Å². The van der Waals surface area contributed by atoms with Gasteiger partial charge in [0.05, 0.1) is 27.8 Å². The quantitative estimate of drug-likeness (QED) is 0.426. The second kappa shape index (κ2) is 9.97. The number of halogens is 4. The summed E-state index contributed by atoms with van der Waals surface area (Å²) in [6.45, 7) is 2.03. The van der Waals surface area contributed by atoms with Crippen LogP contribution in [0.2, 0.25) is 5.02 Å². The lowest BCUT2D eigenvalue weighted by Gasteiger charge is -2.11. The number of amides is 1. The normalized spacial score (nSPS) is 11.5. The molecular weight excluding hydrogens is 469 g/mol. The predicted molar refractivity (Wildman–Crippen MR) is 118 cm³/mol. The first-order chi connectivity index (χ1) is 14.6. The average Bonchev–Trinajstić information content (AvgIpc) is 3.06. The van der Waals surface area contributed by atoms with E-state index in [0.29, 0.717) is 10.9 Å². The summed E-state index contributed by atoms with van der Waals surface area (Å²) in [6.07, 6.45) is -4.52. The van der Waals surface area contributed by atoms with Crippen LogP contribution in [0.25, 0.3) is 0 Å². The van der Waals surface area contributed by atoms with E-state index < -0.39 is 17.6 Å². The van der Waals surface area contributed by atoms with Crippen molar-refractivity contribution in [2.75, 3.05) is 11.1 Å². The first kappa shape index (κ1) is 23.5. The van der Waals surface area contributed by atoms with Crippen molar-refractivity contribution in [2.45, 2.75) is 28.9 Å². The molecule has 3 rings (SSSR count). The summed E-state index contributed by atoms with van der Waals surface area (Å²) in [5.41, 5.74) is 0.213. The van der Waals surface area contributed by atoms with E-state index in [2.05, 4.69) is 15.5 Å². The third-order valence-corrected chi connectivity index (χ3v) is 6.57. The monoisotopic (exact) mass is 486 g/mol. The molecule has 0 aliphatic rings. The number of alkyl halides is 3. The van der Waals surface area contributed by atoms with Crippen LogP contribution < -0.4 is 5.32 Å². The Hall–Kier alpha value is -2.17. The van der Waals surface area contributed by atoms with Crippen molar-refractivity contribution in [3.8, 4) is 0 Å². The minimum atomic E-state index is -4.52. The van der Waals surface area contributed by atoms with Crippen LogP contribution in [0.1, 0.15) is 17.0 Å². The maximum Gasteiger partial charge on any atom is 0.416 e. The minimum absolute atomic E-state index is 0.0282. The number of carbonyl (C=O) groups is 1. The SMILES string of the molecule is Cc1ccc(SCc2nnc(SCC(=O)Nc3cc(C(F)(F)F)ccc3Cl)n2C)cc1. The molecule has 0 aliphatic carbocycles. The van der Waals surface area contributed by atoms with Gasteiger partial charge in [-0.15, -0.1) is 22.0 Å². The van der Waals surface area contributed by atoms with E-state index in [-0.39, 0.29) is 16.5 Å². The zero-order chi connectivity index (χ0) is 22.6. The van der Waals surface area contributed by atoms with E-state index in [9.17, 15) is 18.0 Å². The van der Waals surface area contributed by atoms with Crippen molar-refractivity contribution in [3.05, 3.63) is 64.4 Å². The van der Waals surface area contributed by atoms with Gasteiger partial charge in [0.1, 0.15) is 5.82 Å². The summed E-state index contributed by atoms with van der Waals surface area (Å²) in [5, 5.41) is 11.2. The molecule has 164 valence electrons. The van der Waals surface area contributed by atoms with Crippen LogP contribution in [0.4, 0.5) is 18.9 Å². The van der Waals surface area contributed by atoms with Gasteiger partial charge < -0.3 is 9.88 Å². The molecule has 31 heavy (non-hydrogen) atoms. The van der Waals surface area contributed by atoms with Crippen LogP contribution in [-0.4, -0.2) is 26.4 Å². The van der Waals surface area contributed by atoms with E-state index in [1.807, 2.05) is 31.2 Å². The Balaban J connectivity index is 1.57. The van der Waals surface area contributed by atoms with Gasteiger partial charge >= 0.3 is 6.18 Å². The molecule has 0 saturated carbocycles. The molecule has 1 amide bonds. The first-order valence-corrected chi connectivity index (χ1v) is 11.4. The topological polar surface area (TPSA) is 59.8 Å². The van der Waals surface area contributed by atoms with Crippen molar-refractivity contribution in [1.29, 1.82) is 0 Å². The maximum absolute atomic E-state index is 12.9. The number of thioether (sulfide) groups is 2. The van der Waals surface area contributed by atoms with E-state index in [0.717, 1.165) is 40.7 Å². The lowest BCUT2D eigenvalue weighted by Crippen LogP contribution is -2.16. The van der Waals surface area contributed by atoms with Crippen LogP contribution in [0.15, 0.2) is 52.5 Å². The summed E-state index contributed by atoms with van der Waals surface area (Å²) in [6, 6.07) is 10.9. The molecule has 0 atom stereocenters. The number of aryl methyl sites for hydroxylation is 1. The smallest absolute Gasteiger partial charge is 0.324 e. The van der Waals surface area contributed by atoms with Crippen LogP contribution >= 0.6 is 35.1 Å². The van der Waals surface area contributed by atoms with Crippen molar-refractivity contribution in [3.63, 3.8) is 0 Å².